The van der Waals surface area contributed by atoms with Crippen molar-refractivity contribution in [1.29, 1.82) is 0 Å². The Balaban J connectivity index is 1.38. The summed E-state index contributed by atoms with van der Waals surface area (Å²) in [6.45, 7) is 2.71. The van der Waals surface area contributed by atoms with E-state index in [-0.39, 0.29) is 30.5 Å². The van der Waals surface area contributed by atoms with Gasteiger partial charge in [-0.15, -0.1) is 0 Å². The Kier molecular flexibility index (Phi) is 7.47. The minimum atomic E-state index is -4.50. The predicted molar refractivity (Wildman–Crippen MR) is 132 cm³/mol. The van der Waals surface area contributed by atoms with Crippen LogP contribution in [0, 0.1) is 0 Å². The molecule has 0 unspecified atom stereocenters. The molecule has 37 heavy (non-hydrogen) atoms. The van der Waals surface area contributed by atoms with Gasteiger partial charge in [0.15, 0.2) is 0 Å². The van der Waals surface area contributed by atoms with Crippen molar-refractivity contribution in [3.8, 4) is 11.1 Å². The van der Waals surface area contributed by atoms with Gasteiger partial charge in [-0.1, -0.05) is 24.3 Å². The Bertz CT molecular complexity index is 1320. The van der Waals surface area contributed by atoms with Crippen LogP contribution in [0.15, 0.2) is 66.7 Å². The molecule has 2 N–H and O–H groups in total. The molecule has 1 aliphatic heterocycles. The molecule has 0 spiro atoms. The van der Waals surface area contributed by atoms with Crippen LogP contribution in [0.25, 0.3) is 11.1 Å². The van der Waals surface area contributed by atoms with Crippen molar-refractivity contribution >= 4 is 29.3 Å². The predicted octanol–water partition coefficient (Wildman–Crippen LogP) is 5.93. The van der Waals surface area contributed by atoms with E-state index in [0.29, 0.717) is 24.4 Å². The van der Waals surface area contributed by atoms with Crippen LogP contribution in [-0.2, 0) is 22.3 Å². The van der Waals surface area contributed by atoms with E-state index in [9.17, 15) is 27.6 Å². The lowest BCUT2D eigenvalue weighted by Crippen LogP contribution is -2.27. The topological polar surface area (TPSA) is 87.7 Å². The van der Waals surface area contributed by atoms with Crippen LogP contribution < -0.4 is 10.6 Å². The van der Waals surface area contributed by atoms with Crippen molar-refractivity contribution in [1.82, 2.24) is 4.90 Å². The zero-order valence-corrected chi connectivity index (χ0v) is 19.9. The first-order valence-electron chi connectivity index (χ1n) is 11.6. The van der Waals surface area contributed by atoms with E-state index in [2.05, 4.69) is 10.6 Å². The molecule has 1 aliphatic rings. The highest BCUT2D eigenvalue weighted by molar-refractivity contribution is 6.00. The quantitative estimate of drug-likeness (QED) is 0.385. The van der Waals surface area contributed by atoms with Crippen molar-refractivity contribution in [2.24, 2.45) is 0 Å². The molecule has 0 aromatic heterocycles. The summed E-state index contributed by atoms with van der Waals surface area (Å²) in [6.07, 6.45) is -4.37. The fraction of sp³-hybridized carbons (Fsp3) is 0.222. The Hall–Kier alpha value is -4.34. The van der Waals surface area contributed by atoms with Gasteiger partial charge >= 0.3 is 18.2 Å². The number of hydrogen-bond donors (Lipinski definition) is 2. The van der Waals surface area contributed by atoms with Gasteiger partial charge in [-0.05, 0) is 66.1 Å². The smallest absolute Gasteiger partial charge is 0.416 e. The highest BCUT2D eigenvalue weighted by Gasteiger charge is 2.30. The number of halogens is 3. The summed E-state index contributed by atoms with van der Waals surface area (Å²) < 4.78 is 43.5. The Morgan fingerprint density at radius 3 is 2.35 bits per heavy atom. The number of benzene rings is 3. The third kappa shape index (κ3) is 6.27. The van der Waals surface area contributed by atoms with Crippen LogP contribution in [0.2, 0.25) is 0 Å². The summed E-state index contributed by atoms with van der Waals surface area (Å²) in [5, 5.41) is 4.99. The third-order valence-corrected chi connectivity index (χ3v) is 5.80. The first-order chi connectivity index (χ1) is 17.6. The third-order valence-electron chi connectivity index (χ3n) is 5.80. The number of rotatable bonds is 7. The maximum atomic E-state index is 12.9. The summed E-state index contributed by atoms with van der Waals surface area (Å²) >= 11 is 0. The number of carbonyl (C=O) groups is 3. The first-order valence-corrected chi connectivity index (χ1v) is 11.6. The molecular weight excluding hydrogens is 487 g/mol. The molecule has 1 heterocycles. The van der Waals surface area contributed by atoms with E-state index in [1.54, 1.807) is 42.2 Å². The van der Waals surface area contributed by atoms with Gasteiger partial charge in [0, 0.05) is 30.0 Å². The van der Waals surface area contributed by atoms with Crippen molar-refractivity contribution in [3.05, 3.63) is 83.4 Å². The molecule has 0 fully saturated rings. The highest BCUT2D eigenvalue weighted by Crippen LogP contribution is 2.31. The second-order valence-corrected chi connectivity index (χ2v) is 8.39. The molecule has 10 heteroatoms. The van der Waals surface area contributed by atoms with Gasteiger partial charge in [0.2, 0.25) is 0 Å². The molecule has 3 amide bonds. The van der Waals surface area contributed by atoms with Crippen LogP contribution in [0.1, 0.15) is 34.8 Å². The van der Waals surface area contributed by atoms with E-state index < -0.39 is 17.8 Å². The number of nitrogens with zero attached hydrogens (tertiary/aromatic N) is 1. The lowest BCUT2D eigenvalue weighted by Gasteiger charge is -2.14. The van der Waals surface area contributed by atoms with Gasteiger partial charge in [-0.25, -0.2) is 4.79 Å². The molecule has 0 saturated carbocycles. The van der Waals surface area contributed by atoms with Crippen LogP contribution in [0.4, 0.5) is 29.3 Å². The van der Waals surface area contributed by atoms with Gasteiger partial charge in [-0.3, -0.25) is 9.59 Å². The van der Waals surface area contributed by atoms with Crippen molar-refractivity contribution in [2.75, 3.05) is 23.8 Å². The number of fused-ring (bicyclic) bond motifs is 1. The van der Waals surface area contributed by atoms with Crippen molar-refractivity contribution in [2.45, 2.75) is 26.1 Å². The maximum Gasteiger partial charge on any atom is 0.416 e. The number of nitrogens with one attached hydrogen (secondary N) is 2. The Morgan fingerprint density at radius 2 is 1.65 bits per heavy atom. The Morgan fingerprint density at radius 1 is 0.946 bits per heavy atom. The molecule has 0 atom stereocenters. The number of carbonyl (C=O) groups excluding carboxylic acids is 3. The van der Waals surface area contributed by atoms with Gasteiger partial charge < -0.3 is 20.3 Å². The van der Waals surface area contributed by atoms with E-state index in [1.807, 2.05) is 12.1 Å². The van der Waals surface area contributed by atoms with Gasteiger partial charge in [0.25, 0.3) is 5.91 Å². The summed E-state index contributed by atoms with van der Waals surface area (Å²) in [7, 11) is 0. The molecule has 0 aliphatic carbocycles. The number of hydrogen-bond acceptors (Lipinski definition) is 4. The van der Waals surface area contributed by atoms with Crippen molar-refractivity contribution in [3.63, 3.8) is 0 Å². The molecule has 192 valence electrons. The lowest BCUT2D eigenvalue weighted by atomic mass is 10.0. The van der Waals surface area contributed by atoms with Crippen LogP contribution in [0.3, 0.4) is 0 Å². The van der Waals surface area contributed by atoms with Crippen LogP contribution >= 0.6 is 0 Å². The van der Waals surface area contributed by atoms with E-state index in [4.69, 9.17) is 4.74 Å². The number of amides is 3. The number of urea groups is 1. The summed E-state index contributed by atoms with van der Waals surface area (Å²) in [4.78, 5) is 38.1. The molecule has 7 nitrogen and oxygen atoms in total. The van der Waals surface area contributed by atoms with Crippen LogP contribution in [0.5, 0.6) is 0 Å². The fourth-order valence-corrected chi connectivity index (χ4v) is 4.01. The molecule has 3 aromatic carbocycles. The molecular formula is C27H24F3N3O4. The standard InChI is InChI=1S/C27H24F3N3O4/c1-2-37-24(34)12-13-33-16-19-14-18(8-11-23(19)25(33)35)17-6-9-21(10-7-17)31-26(36)32-22-5-3-4-20(15-22)27(28,29)30/h3-11,14-15H,2,12-13,16H2,1H3,(H2,31,32,36). The second-order valence-electron chi connectivity index (χ2n) is 8.39. The second kappa shape index (κ2) is 10.7. The van der Waals surface area contributed by atoms with Gasteiger partial charge in [0.1, 0.15) is 0 Å². The summed E-state index contributed by atoms with van der Waals surface area (Å²) in [6, 6.07) is 16.1. The number of ether oxygens (including phenoxy) is 1. The summed E-state index contributed by atoms with van der Waals surface area (Å²) in [5.74, 6) is -0.471. The lowest BCUT2D eigenvalue weighted by molar-refractivity contribution is -0.143. The molecule has 0 radical (unpaired) electrons. The largest absolute Gasteiger partial charge is 0.466 e. The summed E-state index contributed by atoms with van der Waals surface area (Å²) in [5.41, 5.74) is 2.80. The van der Waals surface area contributed by atoms with Gasteiger partial charge in [-0.2, -0.15) is 13.2 Å². The minimum Gasteiger partial charge on any atom is -0.466 e. The van der Waals surface area contributed by atoms with Crippen molar-refractivity contribution < 1.29 is 32.3 Å². The average molecular weight is 512 g/mol. The number of alkyl halides is 3. The van der Waals surface area contributed by atoms with Crippen LogP contribution in [-0.4, -0.2) is 36.0 Å². The number of esters is 1. The molecule has 0 bridgehead atoms. The fourth-order valence-electron chi connectivity index (χ4n) is 4.01. The number of anilines is 2. The zero-order valence-electron chi connectivity index (χ0n) is 19.9. The normalized spacial score (nSPS) is 12.8. The molecule has 3 aromatic rings. The van der Waals surface area contributed by atoms with Gasteiger partial charge in [0.05, 0.1) is 18.6 Å². The highest BCUT2D eigenvalue weighted by atomic mass is 19.4. The van der Waals surface area contributed by atoms with E-state index >= 15 is 0 Å². The van der Waals surface area contributed by atoms with E-state index in [1.165, 1.54) is 12.1 Å². The monoisotopic (exact) mass is 511 g/mol. The molecule has 4 rings (SSSR count). The first kappa shape index (κ1) is 25.7. The maximum absolute atomic E-state index is 12.9. The molecule has 0 saturated heterocycles. The average Bonchev–Trinajstić information content (AvgIpc) is 3.17. The SMILES string of the molecule is CCOC(=O)CCN1Cc2cc(-c3ccc(NC(=O)Nc4cccc(C(F)(F)F)c4)cc3)ccc2C1=O. The van der Waals surface area contributed by atoms with E-state index in [0.717, 1.165) is 28.8 Å². The Labute approximate surface area is 211 Å². The zero-order chi connectivity index (χ0) is 26.6. The minimum absolute atomic E-state index is 0.0212.